The van der Waals surface area contributed by atoms with Gasteiger partial charge in [0.25, 0.3) is 0 Å². The smallest absolute Gasteiger partial charge is 0.351 e. The van der Waals surface area contributed by atoms with Gasteiger partial charge in [-0.15, -0.1) is 0 Å². The molecule has 0 bridgehead atoms. The summed E-state index contributed by atoms with van der Waals surface area (Å²) in [5.74, 6) is -5.20. The number of carbonyl (C=O) groups excluding carboxylic acids is 2. The van der Waals surface area contributed by atoms with Crippen LogP contribution in [-0.2, 0) is 19.1 Å². The Kier molecular flexibility index (Phi) is 12.8. The van der Waals surface area contributed by atoms with Crippen LogP contribution in [0.15, 0.2) is 41.4 Å². The highest BCUT2D eigenvalue weighted by molar-refractivity contribution is 5.98. The molecule has 2 aliphatic rings. The summed E-state index contributed by atoms with van der Waals surface area (Å²) in [6.07, 6.45) is 13.2. The van der Waals surface area contributed by atoms with Crippen molar-refractivity contribution in [2.24, 2.45) is 5.41 Å². The van der Waals surface area contributed by atoms with Gasteiger partial charge in [-0.05, 0) is 18.9 Å². The molecule has 42 heavy (non-hydrogen) atoms. The molecule has 0 spiro atoms. The number of nitrogens with one attached hydrogen (secondary N) is 1. The van der Waals surface area contributed by atoms with Crippen molar-refractivity contribution in [1.82, 2.24) is 9.55 Å². The van der Waals surface area contributed by atoms with Gasteiger partial charge in [0.2, 0.25) is 12.1 Å². The predicted octanol–water partition coefficient (Wildman–Crippen LogP) is 4.42. The third-order valence-electron chi connectivity index (χ3n) is 7.70. The SMILES string of the molecule is CCCCCCCCCCCCOC(=O)CC1(C(=O)Nc2ccn([C@@H]3O[C@H](CO)[C@@H](O)C3(F)F)c(=O)n2)C=CC=CC1. The van der Waals surface area contributed by atoms with Gasteiger partial charge in [0.15, 0.2) is 6.10 Å². The number of hydrogen-bond donors (Lipinski definition) is 3. The number of aliphatic hydroxyl groups excluding tert-OH is 2. The van der Waals surface area contributed by atoms with Crippen LogP contribution in [0.1, 0.15) is 90.2 Å². The Bertz CT molecular complexity index is 1160. The number of carbonyl (C=O) groups is 2. The molecule has 1 unspecified atom stereocenters. The largest absolute Gasteiger partial charge is 0.466 e. The van der Waals surface area contributed by atoms with Gasteiger partial charge in [0, 0.05) is 6.20 Å². The molecule has 234 valence electrons. The summed E-state index contributed by atoms with van der Waals surface area (Å²) in [4.78, 5) is 42.2. The van der Waals surface area contributed by atoms with Gasteiger partial charge in [0.1, 0.15) is 11.9 Å². The van der Waals surface area contributed by atoms with E-state index < -0.39 is 53.9 Å². The first-order valence-corrected chi connectivity index (χ1v) is 14.9. The normalized spacial score (nSPS) is 24.5. The Morgan fingerprint density at radius 2 is 1.79 bits per heavy atom. The lowest BCUT2D eigenvalue weighted by atomic mass is 9.77. The number of unbranched alkanes of at least 4 members (excludes halogenated alkanes) is 9. The number of aromatic nitrogens is 2. The first-order valence-electron chi connectivity index (χ1n) is 14.9. The predicted molar refractivity (Wildman–Crippen MR) is 152 cm³/mol. The number of alkyl halides is 2. The Morgan fingerprint density at radius 3 is 2.36 bits per heavy atom. The Hall–Kier alpha value is -2.96. The van der Waals surface area contributed by atoms with Crippen molar-refractivity contribution in [3.63, 3.8) is 0 Å². The van der Waals surface area contributed by atoms with Crippen LogP contribution in [-0.4, -0.2) is 63.0 Å². The summed E-state index contributed by atoms with van der Waals surface area (Å²) in [5.41, 5.74) is -2.44. The fourth-order valence-electron chi connectivity index (χ4n) is 5.15. The zero-order valence-corrected chi connectivity index (χ0v) is 24.2. The van der Waals surface area contributed by atoms with E-state index in [-0.39, 0.29) is 25.3 Å². The number of esters is 1. The number of nitrogens with zero attached hydrogens (tertiary/aromatic N) is 2. The monoisotopic (exact) mass is 595 g/mol. The number of anilines is 1. The van der Waals surface area contributed by atoms with Crippen molar-refractivity contribution >= 4 is 17.7 Å². The van der Waals surface area contributed by atoms with Crippen LogP contribution >= 0.6 is 0 Å². The highest BCUT2D eigenvalue weighted by Gasteiger charge is 2.59. The van der Waals surface area contributed by atoms with E-state index in [9.17, 15) is 33.4 Å². The van der Waals surface area contributed by atoms with E-state index in [0.29, 0.717) is 4.57 Å². The maximum absolute atomic E-state index is 14.5. The van der Waals surface area contributed by atoms with Crippen LogP contribution in [0.25, 0.3) is 0 Å². The standard InChI is InChI=1S/C30H43F2N3O7/c1-2-3-4-5-6-7-8-9-10-14-19-41-24(37)20-29(16-12-11-13-17-29)26(39)33-23-15-18-35(28(40)34-23)27-30(31,32)25(38)22(21-36)42-27/h11-13,15-16,18,22,25,27,36,38H,2-10,14,17,19-21H2,1H3,(H,33,34,39,40)/t22-,25-,27-,29?/m1/s1. The number of allylic oxidation sites excluding steroid dienone is 3. The molecule has 1 aromatic heterocycles. The molecule has 2 heterocycles. The van der Waals surface area contributed by atoms with Gasteiger partial charge >= 0.3 is 17.6 Å². The molecule has 1 aliphatic heterocycles. The fourth-order valence-corrected chi connectivity index (χ4v) is 5.15. The third-order valence-corrected chi connectivity index (χ3v) is 7.70. The van der Waals surface area contributed by atoms with Gasteiger partial charge in [-0.3, -0.25) is 14.2 Å². The lowest BCUT2D eigenvalue weighted by Crippen LogP contribution is -2.42. The van der Waals surface area contributed by atoms with Crippen LogP contribution in [0.2, 0.25) is 0 Å². The summed E-state index contributed by atoms with van der Waals surface area (Å²) >= 11 is 0. The highest BCUT2D eigenvalue weighted by Crippen LogP contribution is 2.42. The number of amides is 1. The highest BCUT2D eigenvalue weighted by atomic mass is 19.3. The fraction of sp³-hybridized carbons (Fsp3) is 0.667. The molecule has 3 rings (SSSR count). The second kappa shape index (κ2) is 16.0. The molecule has 1 saturated heterocycles. The van der Waals surface area contributed by atoms with Crippen LogP contribution in [0, 0.1) is 5.41 Å². The first kappa shape index (κ1) is 33.5. The van der Waals surface area contributed by atoms with Crippen LogP contribution in [0.3, 0.4) is 0 Å². The van der Waals surface area contributed by atoms with E-state index in [0.717, 1.165) is 31.5 Å². The molecule has 0 aromatic carbocycles. The second-order valence-electron chi connectivity index (χ2n) is 11.0. The number of halogens is 2. The zero-order chi connectivity index (χ0) is 30.6. The number of hydrogen-bond acceptors (Lipinski definition) is 8. The van der Waals surface area contributed by atoms with E-state index in [1.807, 2.05) is 0 Å². The lowest BCUT2D eigenvalue weighted by Gasteiger charge is -2.29. The molecule has 0 saturated carbocycles. The molecular weight excluding hydrogens is 552 g/mol. The Balaban J connectivity index is 1.51. The first-order chi connectivity index (χ1) is 20.1. The van der Waals surface area contributed by atoms with Crippen molar-refractivity contribution in [2.45, 2.75) is 108 Å². The minimum atomic E-state index is -3.86. The number of ether oxygens (including phenoxy) is 2. The average Bonchev–Trinajstić information content (AvgIpc) is 3.19. The molecule has 1 amide bonds. The molecule has 3 N–H and O–H groups in total. The quantitative estimate of drug-likeness (QED) is 0.178. The van der Waals surface area contributed by atoms with Crippen LogP contribution < -0.4 is 11.0 Å². The van der Waals surface area contributed by atoms with E-state index in [2.05, 4.69) is 17.2 Å². The molecule has 1 aromatic rings. The minimum absolute atomic E-state index is 0.206. The topological polar surface area (TPSA) is 140 Å². The van der Waals surface area contributed by atoms with Crippen molar-refractivity contribution < 1.29 is 38.1 Å². The molecule has 0 radical (unpaired) electrons. The van der Waals surface area contributed by atoms with Gasteiger partial charge in [-0.25, -0.2) is 4.79 Å². The molecule has 10 nitrogen and oxygen atoms in total. The van der Waals surface area contributed by atoms with E-state index >= 15 is 0 Å². The Morgan fingerprint density at radius 1 is 1.12 bits per heavy atom. The zero-order valence-electron chi connectivity index (χ0n) is 24.2. The van der Waals surface area contributed by atoms with Crippen molar-refractivity contribution in [3.8, 4) is 0 Å². The summed E-state index contributed by atoms with van der Waals surface area (Å²) < 4.78 is 39.8. The molecule has 4 atom stereocenters. The molecule has 12 heteroatoms. The Labute approximate surface area is 244 Å². The average molecular weight is 596 g/mol. The van der Waals surface area contributed by atoms with Crippen molar-refractivity contribution in [3.05, 3.63) is 47.1 Å². The second-order valence-corrected chi connectivity index (χ2v) is 11.0. The van der Waals surface area contributed by atoms with Crippen molar-refractivity contribution in [2.75, 3.05) is 18.5 Å². The van der Waals surface area contributed by atoms with Gasteiger partial charge in [-0.1, -0.05) is 89.0 Å². The van der Waals surface area contributed by atoms with Crippen LogP contribution in [0.5, 0.6) is 0 Å². The summed E-state index contributed by atoms with van der Waals surface area (Å²) in [6, 6.07) is 1.14. The molecule has 1 fully saturated rings. The summed E-state index contributed by atoms with van der Waals surface area (Å²) in [5, 5.41) is 21.4. The summed E-state index contributed by atoms with van der Waals surface area (Å²) in [6.45, 7) is 1.61. The summed E-state index contributed by atoms with van der Waals surface area (Å²) in [7, 11) is 0. The van der Waals surface area contributed by atoms with Crippen LogP contribution in [0.4, 0.5) is 14.6 Å². The minimum Gasteiger partial charge on any atom is -0.466 e. The molecular formula is C30H43F2N3O7. The van der Waals surface area contributed by atoms with E-state index in [1.165, 1.54) is 44.9 Å². The van der Waals surface area contributed by atoms with E-state index in [1.54, 1.807) is 24.3 Å². The molecule has 1 aliphatic carbocycles. The maximum Gasteiger partial charge on any atom is 0.351 e. The lowest BCUT2D eigenvalue weighted by molar-refractivity contribution is -0.148. The number of rotatable bonds is 17. The van der Waals surface area contributed by atoms with Gasteiger partial charge in [-0.2, -0.15) is 13.8 Å². The van der Waals surface area contributed by atoms with Gasteiger partial charge in [0.05, 0.1) is 25.0 Å². The van der Waals surface area contributed by atoms with Crippen molar-refractivity contribution in [1.29, 1.82) is 0 Å². The maximum atomic E-state index is 14.5. The third kappa shape index (κ3) is 8.78. The number of aliphatic hydroxyl groups is 2. The van der Waals surface area contributed by atoms with Gasteiger partial charge < -0.3 is 25.0 Å². The van der Waals surface area contributed by atoms with E-state index in [4.69, 9.17) is 9.47 Å².